The van der Waals surface area contributed by atoms with Crippen LogP contribution in [0.1, 0.15) is 5.56 Å². The quantitative estimate of drug-likeness (QED) is 0.883. The summed E-state index contributed by atoms with van der Waals surface area (Å²) in [5.74, 6) is 0. The number of aromatic nitrogens is 1. The maximum Gasteiger partial charge on any atom is 0.0424 e. The van der Waals surface area contributed by atoms with Crippen molar-refractivity contribution in [2.24, 2.45) is 5.73 Å². The highest BCUT2D eigenvalue weighted by Gasteiger charge is 2.05. The van der Waals surface area contributed by atoms with Gasteiger partial charge in [-0.05, 0) is 17.2 Å². The molecule has 0 bridgehead atoms. The summed E-state index contributed by atoms with van der Waals surface area (Å²) < 4.78 is 0. The highest BCUT2D eigenvalue weighted by molar-refractivity contribution is 5.85. The number of benzene rings is 1. The third-order valence-electron chi connectivity index (χ3n) is 2.38. The molecule has 4 N–H and O–H groups in total. The molecule has 3 nitrogen and oxygen atoms in total. The van der Waals surface area contributed by atoms with Gasteiger partial charge in [-0.1, -0.05) is 24.3 Å². The minimum atomic E-state index is 0. The van der Waals surface area contributed by atoms with Crippen LogP contribution < -0.4 is 11.5 Å². The van der Waals surface area contributed by atoms with Crippen molar-refractivity contribution in [2.75, 3.05) is 5.73 Å². The van der Waals surface area contributed by atoms with Gasteiger partial charge in [-0.3, -0.25) is 4.98 Å². The van der Waals surface area contributed by atoms with Gasteiger partial charge in [0.1, 0.15) is 0 Å². The van der Waals surface area contributed by atoms with E-state index in [0.29, 0.717) is 6.54 Å². The third-order valence-corrected chi connectivity index (χ3v) is 2.38. The molecular weight excluding hydrogens is 257 g/mol. The molecule has 1 aromatic heterocycles. The molecule has 0 saturated carbocycles. The Morgan fingerprint density at radius 2 is 1.71 bits per heavy atom. The van der Waals surface area contributed by atoms with Crippen LogP contribution in [0, 0.1) is 0 Å². The molecular formula is C12H15Cl2N3. The molecule has 0 aliphatic carbocycles. The van der Waals surface area contributed by atoms with Crippen molar-refractivity contribution in [3.63, 3.8) is 0 Å². The summed E-state index contributed by atoms with van der Waals surface area (Å²) in [6, 6.07) is 9.75. The normalized spacial score (nSPS) is 9.00. The third kappa shape index (κ3) is 3.33. The molecule has 0 aliphatic heterocycles. The molecule has 0 radical (unpaired) electrons. The largest absolute Gasteiger partial charge is 0.398 e. The highest BCUT2D eigenvalue weighted by atomic mass is 35.5. The van der Waals surface area contributed by atoms with Crippen LogP contribution in [0.25, 0.3) is 11.1 Å². The summed E-state index contributed by atoms with van der Waals surface area (Å²) in [4.78, 5) is 4.08. The van der Waals surface area contributed by atoms with Gasteiger partial charge in [-0.2, -0.15) is 0 Å². The van der Waals surface area contributed by atoms with E-state index in [1.165, 1.54) is 0 Å². The Labute approximate surface area is 113 Å². The van der Waals surface area contributed by atoms with Crippen molar-refractivity contribution in [2.45, 2.75) is 6.54 Å². The summed E-state index contributed by atoms with van der Waals surface area (Å²) in [5, 5.41) is 0. The van der Waals surface area contributed by atoms with Crippen LogP contribution in [0.5, 0.6) is 0 Å². The lowest BCUT2D eigenvalue weighted by Crippen LogP contribution is -2.00. The first-order chi connectivity index (χ1) is 7.33. The minimum absolute atomic E-state index is 0. The van der Waals surface area contributed by atoms with Crippen LogP contribution in [-0.4, -0.2) is 4.98 Å². The average Bonchev–Trinajstić information content (AvgIpc) is 2.30. The lowest BCUT2D eigenvalue weighted by Gasteiger charge is -2.09. The van der Waals surface area contributed by atoms with Crippen LogP contribution in [0.15, 0.2) is 42.7 Å². The zero-order valence-electron chi connectivity index (χ0n) is 9.17. The number of hydrogen-bond acceptors (Lipinski definition) is 3. The lowest BCUT2D eigenvalue weighted by molar-refractivity contribution is 1.07. The Kier molecular flexibility index (Phi) is 6.58. The van der Waals surface area contributed by atoms with Crippen molar-refractivity contribution in [1.29, 1.82) is 0 Å². The maximum atomic E-state index is 5.90. The molecule has 2 aromatic rings. The number of anilines is 1. The molecule has 0 spiro atoms. The van der Waals surface area contributed by atoms with Crippen LogP contribution in [0.4, 0.5) is 5.69 Å². The van der Waals surface area contributed by atoms with E-state index in [9.17, 15) is 0 Å². The molecule has 92 valence electrons. The molecule has 0 saturated heterocycles. The monoisotopic (exact) mass is 271 g/mol. The predicted molar refractivity (Wildman–Crippen MR) is 76.5 cm³/mol. The number of nitrogens with zero attached hydrogens (tertiary/aromatic N) is 1. The van der Waals surface area contributed by atoms with Crippen molar-refractivity contribution in [3.8, 4) is 11.1 Å². The molecule has 0 amide bonds. The summed E-state index contributed by atoms with van der Waals surface area (Å²) >= 11 is 0. The Bertz CT molecular complexity index is 475. The van der Waals surface area contributed by atoms with E-state index in [-0.39, 0.29) is 24.8 Å². The second kappa shape index (κ2) is 7.12. The molecule has 0 unspecified atom stereocenters. The van der Waals surface area contributed by atoms with Gasteiger partial charge in [-0.25, -0.2) is 0 Å². The molecule has 0 atom stereocenters. The Balaban J connectivity index is 0.00000128. The Hall–Kier alpha value is -1.29. The predicted octanol–water partition coefficient (Wildman–Crippen LogP) is 2.63. The highest BCUT2D eigenvalue weighted by Crippen LogP contribution is 2.27. The topological polar surface area (TPSA) is 64.9 Å². The first-order valence-electron chi connectivity index (χ1n) is 4.80. The van der Waals surface area contributed by atoms with E-state index in [4.69, 9.17) is 11.5 Å². The van der Waals surface area contributed by atoms with Gasteiger partial charge >= 0.3 is 0 Å². The maximum absolute atomic E-state index is 5.90. The van der Waals surface area contributed by atoms with Crippen LogP contribution in [-0.2, 0) is 6.54 Å². The number of halogens is 2. The first kappa shape index (κ1) is 15.7. The van der Waals surface area contributed by atoms with E-state index >= 15 is 0 Å². The van der Waals surface area contributed by atoms with Crippen LogP contribution >= 0.6 is 24.8 Å². The number of hydrogen-bond donors (Lipinski definition) is 2. The smallest absolute Gasteiger partial charge is 0.0424 e. The second-order valence-electron chi connectivity index (χ2n) is 3.32. The Morgan fingerprint density at radius 3 is 2.35 bits per heavy atom. The number of nitrogen functional groups attached to an aromatic ring is 1. The van der Waals surface area contributed by atoms with Crippen LogP contribution in [0.3, 0.4) is 0 Å². The Morgan fingerprint density at radius 1 is 1.00 bits per heavy atom. The molecule has 0 fully saturated rings. The fourth-order valence-electron chi connectivity index (χ4n) is 1.59. The fraction of sp³-hybridized carbons (Fsp3) is 0.0833. The van der Waals surface area contributed by atoms with E-state index in [2.05, 4.69) is 4.98 Å². The standard InChI is InChI=1S/C12H13N3.2ClH/c13-7-9-3-1-2-4-10(9)11-8-15-6-5-12(11)14;;/h1-6,8H,7,13H2,(H2,14,15);2*1H. The van der Waals surface area contributed by atoms with Gasteiger partial charge in [0.05, 0.1) is 0 Å². The second-order valence-corrected chi connectivity index (χ2v) is 3.32. The molecule has 1 heterocycles. The number of rotatable bonds is 2. The van der Waals surface area contributed by atoms with E-state index in [1.54, 1.807) is 18.5 Å². The lowest BCUT2D eigenvalue weighted by atomic mass is 10.0. The molecule has 5 heteroatoms. The van der Waals surface area contributed by atoms with E-state index < -0.39 is 0 Å². The minimum Gasteiger partial charge on any atom is -0.398 e. The van der Waals surface area contributed by atoms with E-state index in [1.807, 2.05) is 24.3 Å². The molecule has 0 aliphatic rings. The van der Waals surface area contributed by atoms with Gasteiger partial charge in [-0.15, -0.1) is 24.8 Å². The first-order valence-corrected chi connectivity index (χ1v) is 4.80. The van der Waals surface area contributed by atoms with Crippen molar-refractivity contribution in [1.82, 2.24) is 4.98 Å². The molecule has 2 rings (SSSR count). The van der Waals surface area contributed by atoms with Gasteiger partial charge in [0.2, 0.25) is 0 Å². The van der Waals surface area contributed by atoms with Gasteiger partial charge in [0.25, 0.3) is 0 Å². The molecule has 17 heavy (non-hydrogen) atoms. The van der Waals surface area contributed by atoms with Crippen molar-refractivity contribution < 1.29 is 0 Å². The van der Waals surface area contributed by atoms with Gasteiger partial charge in [0, 0.05) is 30.2 Å². The number of nitrogens with two attached hydrogens (primary N) is 2. The van der Waals surface area contributed by atoms with Crippen molar-refractivity contribution >= 4 is 30.5 Å². The summed E-state index contributed by atoms with van der Waals surface area (Å²) in [7, 11) is 0. The van der Waals surface area contributed by atoms with Crippen molar-refractivity contribution in [3.05, 3.63) is 48.3 Å². The zero-order valence-corrected chi connectivity index (χ0v) is 10.8. The SMILES string of the molecule is Cl.Cl.NCc1ccccc1-c1cnccc1N. The zero-order chi connectivity index (χ0) is 10.7. The van der Waals surface area contributed by atoms with Crippen LogP contribution in [0.2, 0.25) is 0 Å². The summed E-state index contributed by atoms with van der Waals surface area (Å²) in [6.45, 7) is 0.504. The average molecular weight is 272 g/mol. The summed E-state index contributed by atoms with van der Waals surface area (Å²) in [6.07, 6.45) is 3.45. The van der Waals surface area contributed by atoms with Gasteiger partial charge in [0.15, 0.2) is 0 Å². The van der Waals surface area contributed by atoms with E-state index in [0.717, 1.165) is 22.4 Å². The molecule has 1 aromatic carbocycles. The number of pyridine rings is 1. The fourth-order valence-corrected chi connectivity index (χ4v) is 1.59. The summed E-state index contributed by atoms with van der Waals surface area (Å²) in [5.41, 5.74) is 15.4. The van der Waals surface area contributed by atoms with Gasteiger partial charge < -0.3 is 11.5 Å².